The Labute approximate surface area is 123 Å². The van der Waals surface area contributed by atoms with Crippen LogP contribution in [0.25, 0.3) is 0 Å². The molecule has 0 unspecified atom stereocenters. The molecule has 2 N–H and O–H groups in total. The van der Waals surface area contributed by atoms with Crippen molar-refractivity contribution in [3.05, 3.63) is 48.2 Å². The minimum absolute atomic E-state index is 0.0645. The topological polar surface area (TPSA) is 71.5 Å². The summed E-state index contributed by atoms with van der Waals surface area (Å²) in [7, 11) is 0. The summed E-state index contributed by atoms with van der Waals surface area (Å²) in [6, 6.07) is 9.92. The average Bonchev–Trinajstić information content (AvgIpc) is 2.50. The second-order valence-corrected chi connectivity index (χ2v) is 4.55. The Morgan fingerprint density at radius 2 is 2.05 bits per heavy atom. The zero-order valence-electron chi connectivity index (χ0n) is 11.9. The first-order valence-corrected chi connectivity index (χ1v) is 6.89. The summed E-state index contributed by atoms with van der Waals surface area (Å²) in [5, 5.41) is 12.1. The van der Waals surface area contributed by atoms with E-state index in [1.807, 2.05) is 0 Å². The molecular formula is C16H18N2O3. The van der Waals surface area contributed by atoms with Crippen LogP contribution in [0.3, 0.4) is 0 Å². The second kappa shape index (κ2) is 7.28. The van der Waals surface area contributed by atoms with Crippen molar-refractivity contribution in [3.63, 3.8) is 0 Å². The molecule has 1 aromatic heterocycles. The number of aromatic nitrogens is 1. The van der Waals surface area contributed by atoms with Gasteiger partial charge in [0.2, 0.25) is 0 Å². The lowest BCUT2D eigenvalue weighted by Gasteiger charge is -2.08. The number of carbonyl (C=O) groups excluding carboxylic acids is 1. The Balaban J connectivity index is 1.98. The van der Waals surface area contributed by atoms with Crippen LogP contribution < -0.4 is 10.1 Å². The third kappa shape index (κ3) is 4.21. The third-order valence-electron chi connectivity index (χ3n) is 2.90. The maximum Gasteiger partial charge on any atom is 0.256 e. The highest BCUT2D eigenvalue weighted by atomic mass is 16.5. The van der Waals surface area contributed by atoms with Crippen molar-refractivity contribution < 1.29 is 14.6 Å². The van der Waals surface area contributed by atoms with E-state index in [2.05, 4.69) is 17.2 Å². The van der Waals surface area contributed by atoms with Gasteiger partial charge in [0.15, 0.2) is 11.6 Å². The predicted molar refractivity (Wildman–Crippen MR) is 80.7 cm³/mol. The Hall–Kier alpha value is -2.56. The van der Waals surface area contributed by atoms with Crippen LogP contribution in [0, 0.1) is 0 Å². The first-order valence-electron chi connectivity index (χ1n) is 6.89. The molecule has 0 aliphatic heterocycles. The summed E-state index contributed by atoms with van der Waals surface area (Å²) in [6.45, 7) is 2.77. The van der Waals surface area contributed by atoms with Gasteiger partial charge in [0.25, 0.3) is 5.91 Å². The molecule has 0 saturated carbocycles. The SMILES string of the molecule is CCCCOc1ccc(C(=O)Nc2ncccc2O)cc1. The molecule has 0 spiro atoms. The molecule has 1 amide bonds. The molecule has 2 rings (SSSR count). The lowest BCUT2D eigenvalue weighted by molar-refractivity contribution is 0.102. The fourth-order valence-corrected chi connectivity index (χ4v) is 1.71. The van der Waals surface area contributed by atoms with Gasteiger partial charge in [0, 0.05) is 11.8 Å². The lowest BCUT2D eigenvalue weighted by atomic mass is 10.2. The first-order chi connectivity index (χ1) is 10.2. The molecule has 0 radical (unpaired) electrons. The van der Waals surface area contributed by atoms with Gasteiger partial charge >= 0.3 is 0 Å². The van der Waals surface area contributed by atoms with Crippen LogP contribution in [0.2, 0.25) is 0 Å². The molecular weight excluding hydrogens is 268 g/mol. The standard InChI is InChI=1S/C16H18N2O3/c1-2-3-11-21-13-8-6-12(7-9-13)16(20)18-15-14(19)5-4-10-17-15/h4-10,19H,2-3,11H2,1H3,(H,17,18,20). The number of pyridine rings is 1. The summed E-state index contributed by atoms with van der Waals surface area (Å²) in [6.07, 6.45) is 3.58. The van der Waals surface area contributed by atoms with E-state index >= 15 is 0 Å². The number of unbranched alkanes of at least 4 members (excludes halogenated alkanes) is 1. The second-order valence-electron chi connectivity index (χ2n) is 4.55. The highest BCUT2D eigenvalue weighted by molar-refractivity contribution is 6.04. The van der Waals surface area contributed by atoms with E-state index in [1.54, 1.807) is 30.3 Å². The molecule has 0 saturated heterocycles. The van der Waals surface area contributed by atoms with E-state index in [4.69, 9.17) is 4.74 Å². The number of amides is 1. The molecule has 0 fully saturated rings. The summed E-state index contributed by atoms with van der Waals surface area (Å²) < 4.78 is 5.53. The van der Waals surface area contributed by atoms with Gasteiger partial charge in [0.05, 0.1) is 6.61 Å². The van der Waals surface area contributed by atoms with E-state index < -0.39 is 0 Å². The van der Waals surface area contributed by atoms with Crippen LogP contribution >= 0.6 is 0 Å². The van der Waals surface area contributed by atoms with Crippen LogP contribution in [0.15, 0.2) is 42.6 Å². The van der Waals surface area contributed by atoms with Crippen molar-refractivity contribution in [2.45, 2.75) is 19.8 Å². The van der Waals surface area contributed by atoms with Gasteiger partial charge in [-0.2, -0.15) is 0 Å². The quantitative estimate of drug-likeness (QED) is 0.800. The van der Waals surface area contributed by atoms with Gasteiger partial charge in [0.1, 0.15) is 5.75 Å². The zero-order chi connectivity index (χ0) is 15.1. The Bertz CT molecular complexity index is 597. The minimum Gasteiger partial charge on any atom is -0.504 e. The number of hydrogen-bond donors (Lipinski definition) is 2. The van der Waals surface area contributed by atoms with Crippen molar-refractivity contribution >= 4 is 11.7 Å². The van der Waals surface area contributed by atoms with Crippen LogP contribution in [0.1, 0.15) is 30.1 Å². The van der Waals surface area contributed by atoms with Gasteiger partial charge in [-0.3, -0.25) is 4.79 Å². The van der Waals surface area contributed by atoms with Gasteiger partial charge in [-0.1, -0.05) is 13.3 Å². The van der Waals surface area contributed by atoms with Crippen LogP contribution in [-0.2, 0) is 0 Å². The molecule has 2 aromatic rings. The Morgan fingerprint density at radius 3 is 2.71 bits per heavy atom. The predicted octanol–water partition coefficient (Wildman–Crippen LogP) is 3.22. The molecule has 0 bridgehead atoms. The van der Waals surface area contributed by atoms with Crippen molar-refractivity contribution in [2.24, 2.45) is 0 Å². The minimum atomic E-state index is -0.330. The van der Waals surface area contributed by atoms with E-state index in [0.717, 1.165) is 18.6 Å². The van der Waals surface area contributed by atoms with Crippen LogP contribution in [0.5, 0.6) is 11.5 Å². The van der Waals surface area contributed by atoms with Gasteiger partial charge < -0.3 is 15.2 Å². The zero-order valence-corrected chi connectivity index (χ0v) is 11.9. The van der Waals surface area contributed by atoms with E-state index in [0.29, 0.717) is 12.2 Å². The molecule has 0 atom stereocenters. The fraction of sp³-hybridized carbons (Fsp3) is 0.250. The number of rotatable bonds is 6. The fourth-order valence-electron chi connectivity index (χ4n) is 1.71. The number of carbonyl (C=O) groups is 1. The lowest BCUT2D eigenvalue weighted by Crippen LogP contribution is -2.12. The number of aromatic hydroxyl groups is 1. The summed E-state index contributed by atoms with van der Waals surface area (Å²) >= 11 is 0. The van der Waals surface area contributed by atoms with Gasteiger partial charge in [-0.15, -0.1) is 0 Å². The number of hydrogen-bond acceptors (Lipinski definition) is 4. The first kappa shape index (κ1) is 14.8. The molecule has 5 heteroatoms. The molecule has 1 heterocycles. The molecule has 5 nitrogen and oxygen atoms in total. The van der Waals surface area contributed by atoms with Crippen molar-refractivity contribution in [2.75, 3.05) is 11.9 Å². The number of ether oxygens (including phenoxy) is 1. The number of nitrogens with zero attached hydrogens (tertiary/aromatic N) is 1. The van der Waals surface area contributed by atoms with Crippen LogP contribution in [-0.4, -0.2) is 22.6 Å². The van der Waals surface area contributed by atoms with Gasteiger partial charge in [-0.05, 0) is 42.8 Å². The summed E-state index contributed by atoms with van der Waals surface area (Å²) in [5.41, 5.74) is 0.475. The molecule has 110 valence electrons. The highest BCUT2D eigenvalue weighted by Gasteiger charge is 2.09. The Morgan fingerprint density at radius 1 is 1.29 bits per heavy atom. The third-order valence-corrected chi connectivity index (χ3v) is 2.90. The largest absolute Gasteiger partial charge is 0.504 e. The number of nitrogens with one attached hydrogen (secondary N) is 1. The van der Waals surface area contributed by atoms with Gasteiger partial charge in [-0.25, -0.2) is 4.98 Å². The van der Waals surface area contributed by atoms with E-state index in [1.165, 1.54) is 12.3 Å². The summed E-state index contributed by atoms with van der Waals surface area (Å²) in [5.74, 6) is 0.487. The van der Waals surface area contributed by atoms with E-state index in [-0.39, 0.29) is 17.5 Å². The molecule has 1 aromatic carbocycles. The van der Waals surface area contributed by atoms with Crippen LogP contribution in [0.4, 0.5) is 5.82 Å². The molecule has 0 aliphatic rings. The Kier molecular flexibility index (Phi) is 5.15. The highest BCUT2D eigenvalue weighted by Crippen LogP contribution is 2.20. The number of benzene rings is 1. The van der Waals surface area contributed by atoms with Crippen molar-refractivity contribution in [1.29, 1.82) is 0 Å². The maximum absolute atomic E-state index is 12.0. The number of anilines is 1. The van der Waals surface area contributed by atoms with Crippen molar-refractivity contribution in [3.8, 4) is 11.5 Å². The normalized spacial score (nSPS) is 10.1. The maximum atomic E-state index is 12.0. The monoisotopic (exact) mass is 286 g/mol. The smallest absolute Gasteiger partial charge is 0.256 e. The average molecular weight is 286 g/mol. The molecule has 21 heavy (non-hydrogen) atoms. The summed E-state index contributed by atoms with van der Waals surface area (Å²) in [4.78, 5) is 15.9. The van der Waals surface area contributed by atoms with E-state index in [9.17, 15) is 9.90 Å². The van der Waals surface area contributed by atoms with Crippen molar-refractivity contribution in [1.82, 2.24) is 4.98 Å². The molecule has 0 aliphatic carbocycles.